The van der Waals surface area contributed by atoms with Crippen molar-refractivity contribution in [3.05, 3.63) is 70.3 Å². The number of anilines is 1. The van der Waals surface area contributed by atoms with E-state index < -0.39 is 0 Å². The number of fused-ring (bicyclic) bond motifs is 2. The maximum Gasteiger partial charge on any atom is 0.261 e. The van der Waals surface area contributed by atoms with Gasteiger partial charge in [0.05, 0.1) is 10.9 Å². The van der Waals surface area contributed by atoms with Crippen molar-refractivity contribution in [3.63, 3.8) is 0 Å². The fourth-order valence-corrected chi connectivity index (χ4v) is 3.92. The molecule has 0 spiro atoms. The van der Waals surface area contributed by atoms with Gasteiger partial charge in [0.1, 0.15) is 5.82 Å². The van der Waals surface area contributed by atoms with E-state index in [9.17, 15) is 9.59 Å². The smallest absolute Gasteiger partial charge is 0.261 e. The molecule has 0 bridgehead atoms. The Bertz CT molecular complexity index is 1080. The Labute approximate surface area is 176 Å². The van der Waals surface area contributed by atoms with Gasteiger partial charge in [-0.15, -0.1) is 0 Å². The minimum absolute atomic E-state index is 0.0100. The summed E-state index contributed by atoms with van der Waals surface area (Å²) in [5.74, 6) is 0.710. The van der Waals surface area contributed by atoms with Crippen LogP contribution in [0.5, 0.6) is 0 Å². The molecule has 6 nitrogen and oxygen atoms in total. The summed E-state index contributed by atoms with van der Waals surface area (Å²) >= 11 is 0. The van der Waals surface area contributed by atoms with Crippen LogP contribution in [0.2, 0.25) is 0 Å². The minimum atomic E-state index is -0.134. The quantitative estimate of drug-likeness (QED) is 0.614. The first-order valence-corrected chi connectivity index (χ1v) is 10.8. The van der Waals surface area contributed by atoms with Crippen molar-refractivity contribution in [2.24, 2.45) is 0 Å². The van der Waals surface area contributed by atoms with Crippen LogP contribution in [0.3, 0.4) is 0 Å². The first-order chi connectivity index (χ1) is 14.7. The molecule has 156 valence electrons. The van der Waals surface area contributed by atoms with E-state index in [0.29, 0.717) is 23.0 Å². The summed E-state index contributed by atoms with van der Waals surface area (Å²) in [5.41, 5.74) is 2.24. The number of benzene rings is 2. The number of rotatable bonds is 6. The lowest BCUT2D eigenvalue weighted by atomic mass is 10.1. The van der Waals surface area contributed by atoms with E-state index in [2.05, 4.69) is 10.6 Å². The van der Waals surface area contributed by atoms with Gasteiger partial charge in [0, 0.05) is 37.3 Å². The van der Waals surface area contributed by atoms with Crippen LogP contribution in [0.1, 0.15) is 48.3 Å². The van der Waals surface area contributed by atoms with Gasteiger partial charge in [-0.25, -0.2) is 4.98 Å². The number of hydrogen-bond donors (Lipinski definition) is 2. The van der Waals surface area contributed by atoms with Crippen LogP contribution < -0.4 is 16.2 Å². The van der Waals surface area contributed by atoms with Gasteiger partial charge in [-0.2, -0.15) is 0 Å². The summed E-state index contributed by atoms with van der Waals surface area (Å²) < 4.78 is 1.82. The van der Waals surface area contributed by atoms with Crippen LogP contribution in [0.25, 0.3) is 10.9 Å². The number of aryl methyl sites for hydroxylation is 1. The van der Waals surface area contributed by atoms with Crippen molar-refractivity contribution in [1.82, 2.24) is 14.9 Å². The molecule has 0 atom stereocenters. The van der Waals surface area contributed by atoms with Crippen LogP contribution in [-0.4, -0.2) is 28.5 Å². The molecular formula is C24H28N4O2. The Hall–Kier alpha value is -3.15. The Morgan fingerprint density at radius 2 is 1.83 bits per heavy atom. The molecule has 3 aromatic rings. The Kier molecular flexibility index (Phi) is 6.42. The molecule has 1 aliphatic heterocycles. The molecule has 1 amide bonds. The van der Waals surface area contributed by atoms with E-state index in [0.717, 1.165) is 56.7 Å². The maximum absolute atomic E-state index is 12.9. The second-order valence-electron chi connectivity index (χ2n) is 7.78. The lowest BCUT2D eigenvalue weighted by Crippen LogP contribution is -2.28. The number of aromatic nitrogens is 2. The Morgan fingerprint density at radius 3 is 2.70 bits per heavy atom. The number of hydrogen-bond acceptors (Lipinski definition) is 4. The van der Waals surface area contributed by atoms with E-state index in [1.807, 2.05) is 34.9 Å². The average molecular weight is 405 g/mol. The third kappa shape index (κ3) is 4.70. The molecule has 0 saturated carbocycles. The highest BCUT2D eigenvalue weighted by Crippen LogP contribution is 2.16. The molecule has 6 heteroatoms. The summed E-state index contributed by atoms with van der Waals surface area (Å²) in [6.07, 6.45) is 6.03. The first kappa shape index (κ1) is 20.1. The third-order valence-corrected chi connectivity index (χ3v) is 5.57. The van der Waals surface area contributed by atoms with Crippen molar-refractivity contribution in [2.45, 2.75) is 45.1 Å². The average Bonchev–Trinajstić information content (AvgIpc) is 2.75. The lowest BCUT2D eigenvalue weighted by Gasteiger charge is -2.16. The number of carbonyl (C=O) groups excluding carboxylic acids is 1. The first-order valence-electron chi connectivity index (χ1n) is 10.8. The van der Waals surface area contributed by atoms with Crippen molar-refractivity contribution in [1.29, 1.82) is 0 Å². The minimum Gasteiger partial charge on any atom is -0.385 e. The number of nitrogens with one attached hydrogen (secondary N) is 2. The van der Waals surface area contributed by atoms with Gasteiger partial charge in [-0.3, -0.25) is 14.2 Å². The van der Waals surface area contributed by atoms with Gasteiger partial charge in [-0.1, -0.05) is 31.0 Å². The third-order valence-electron chi connectivity index (χ3n) is 5.57. The fourth-order valence-electron chi connectivity index (χ4n) is 3.92. The van der Waals surface area contributed by atoms with E-state index in [4.69, 9.17) is 4.98 Å². The highest BCUT2D eigenvalue weighted by molar-refractivity contribution is 5.97. The topological polar surface area (TPSA) is 76.0 Å². The van der Waals surface area contributed by atoms with Gasteiger partial charge in [0.2, 0.25) is 0 Å². The van der Waals surface area contributed by atoms with E-state index >= 15 is 0 Å². The Balaban J connectivity index is 1.40. The van der Waals surface area contributed by atoms with Crippen molar-refractivity contribution in [3.8, 4) is 0 Å². The summed E-state index contributed by atoms with van der Waals surface area (Å²) in [7, 11) is 0. The zero-order chi connectivity index (χ0) is 20.8. The molecule has 0 aliphatic carbocycles. The molecule has 0 radical (unpaired) electrons. The SMILES string of the molecule is O=C(NCCCNc1ccccc1)c1ccc2c(=O)n3c(nc2c1)CCCCCC3. The van der Waals surface area contributed by atoms with Gasteiger partial charge in [-0.05, 0) is 49.6 Å². The fraction of sp³-hybridized carbons (Fsp3) is 0.375. The predicted octanol–water partition coefficient (Wildman–Crippen LogP) is 3.75. The summed E-state index contributed by atoms with van der Waals surface area (Å²) in [4.78, 5) is 30.2. The molecule has 0 saturated heterocycles. The van der Waals surface area contributed by atoms with Crippen LogP contribution in [-0.2, 0) is 13.0 Å². The van der Waals surface area contributed by atoms with Crippen molar-refractivity contribution < 1.29 is 4.79 Å². The van der Waals surface area contributed by atoms with Gasteiger partial charge < -0.3 is 10.6 Å². The molecule has 1 aliphatic rings. The normalized spacial score (nSPS) is 13.9. The van der Waals surface area contributed by atoms with Crippen LogP contribution in [0.4, 0.5) is 5.69 Å². The van der Waals surface area contributed by atoms with Crippen molar-refractivity contribution >= 4 is 22.5 Å². The lowest BCUT2D eigenvalue weighted by molar-refractivity contribution is 0.0953. The zero-order valence-corrected chi connectivity index (χ0v) is 17.2. The monoisotopic (exact) mass is 404 g/mol. The molecule has 1 aromatic heterocycles. The molecule has 30 heavy (non-hydrogen) atoms. The molecule has 0 fully saturated rings. The van der Waals surface area contributed by atoms with E-state index in [1.54, 1.807) is 18.2 Å². The second kappa shape index (κ2) is 9.57. The standard InChI is InChI=1S/C24H28N4O2/c29-23(26-15-8-14-25-19-9-4-3-5-10-19)18-12-13-20-21(17-18)27-22-11-6-1-2-7-16-28(22)24(20)30/h3-5,9-10,12-13,17,25H,1-2,6-8,11,14-16H2,(H,26,29). The summed E-state index contributed by atoms with van der Waals surface area (Å²) in [6, 6.07) is 15.2. The van der Waals surface area contributed by atoms with E-state index in [-0.39, 0.29) is 11.5 Å². The molecule has 2 heterocycles. The number of carbonyl (C=O) groups is 1. The Morgan fingerprint density at radius 1 is 1.00 bits per heavy atom. The highest BCUT2D eigenvalue weighted by Gasteiger charge is 2.14. The second-order valence-corrected chi connectivity index (χ2v) is 7.78. The van der Waals surface area contributed by atoms with Crippen molar-refractivity contribution in [2.75, 3.05) is 18.4 Å². The molecule has 0 unspecified atom stereocenters. The predicted molar refractivity (Wildman–Crippen MR) is 120 cm³/mol. The zero-order valence-electron chi connectivity index (χ0n) is 17.2. The number of amides is 1. The number of para-hydroxylation sites is 1. The van der Waals surface area contributed by atoms with Crippen LogP contribution >= 0.6 is 0 Å². The van der Waals surface area contributed by atoms with Gasteiger partial charge in [0.15, 0.2) is 0 Å². The van der Waals surface area contributed by atoms with Gasteiger partial charge >= 0.3 is 0 Å². The largest absolute Gasteiger partial charge is 0.385 e. The van der Waals surface area contributed by atoms with Crippen LogP contribution in [0, 0.1) is 0 Å². The maximum atomic E-state index is 12.9. The molecule has 2 N–H and O–H groups in total. The summed E-state index contributed by atoms with van der Waals surface area (Å²) in [6.45, 7) is 2.10. The number of nitrogens with zero attached hydrogens (tertiary/aromatic N) is 2. The van der Waals surface area contributed by atoms with Crippen LogP contribution in [0.15, 0.2) is 53.3 Å². The van der Waals surface area contributed by atoms with Gasteiger partial charge in [0.25, 0.3) is 11.5 Å². The molecular weight excluding hydrogens is 376 g/mol. The summed E-state index contributed by atoms with van der Waals surface area (Å²) in [5, 5.41) is 6.87. The van der Waals surface area contributed by atoms with E-state index in [1.165, 1.54) is 6.42 Å². The highest BCUT2D eigenvalue weighted by atomic mass is 16.1. The molecule has 2 aromatic carbocycles. The molecule has 4 rings (SSSR count).